The van der Waals surface area contributed by atoms with Gasteiger partial charge in [0.2, 0.25) is 0 Å². The van der Waals surface area contributed by atoms with Crippen LogP contribution in [0.3, 0.4) is 0 Å². The lowest BCUT2D eigenvalue weighted by Gasteiger charge is -2.27. The van der Waals surface area contributed by atoms with Crippen LogP contribution in [0.5, 0.6) is 11.5 Å². The average Bonchev–Trinajstić information content (AvgIpc) is 2.71. The normalized spacial score (nSPS) is 12.5. The Morgan fingerprint density at radius 3 is 1.94 bits per heavy atom. The van der Waals surface area contributed by atoms with Gasteiger partial charge in [0.15, 0.2) is 0 Å². The molecule has 0 fully saturated rings. The van der Waals surface area contributed by atoms with E-state index >= 15 is 0 Å². The highest BCUT2D eigenvalue weighted by Crippen LogP contribution is 2.38. The van der Waals surface area contributed by atoms with Gasteiger partial charge in [-0.3, -0.25) is 0 Å². The molecule has 2 aromatic rings. The fourth-order valence-corrected chi connectivity index (χ4v) is 3.43. The first-order valence-corrected chi connectivity index (χ1v) is 12.2. The van der Waals surface area contributed by atoms with Crippen LogP contribution in [0.1, 0.15) is 90.1 Å². The van der Waals surface area contributed by atoms with E-state index in [-0.39, 0.29) is 10.8 Å². The van der Waals surface area contributed by atoms with E-state index in [0.29, 0.717) is 11.7 Å². The number of allylic oxidation sites excluding steroid dienone is 4. The first-order valence-electron chi connectivity index (χ1n) is 12.2. The van der Waals surface area contributed by atoms with E-state index in [1.54, 1.807) is 6.08 Å². The fraction of sp³-hybridized carbons (Fsp3) is 0.438. The summed E-state index contributed by atoms with van der Waals surface area (Å²) in [5, 5.41) is 10.2. The van der Waals surface area contributed by atoms with E-state index in [4.69, 9.17) is 4.74 Å². The van der Waals surface area contributed by atoms with Gasteiger partial charge in [0.1, 0.15) is 17.3 Å². The molecule has 0 bridgehead atoms. The van der Waals surface area contributed by atoms with Crippen LogP contribution in [0.25, 0.3) is 6.08 Å². The zero-order chi connectivity index (χ0) is 26.3. The highest BCUT2D eigenvalue weighted by Gasteiger charge is 2.24. The van der Waals surface area contributed by atoms with Crippen molar-refractivity contribution in [3.63, 3.8) is 0 Å². The van der Waals surface area contributed by atoms with Gasteiger partial charge < -0.3 is 9.84 Å². The maximum atomic E-state index is 10.2. The molecular weight excluding hydrogens is 416 g/mol. The summed E-state index contributed by atoms with van der Waals surface area (Å²) in [6, 6.07) is 10.4. The topological polar surface area (TPSA) is 29.5 Å². The largest absolute Gasteiger partial charge is 0.507 e. The van der Waals surface area contributed by atoms with E-state index in [1.165, 1.54) is 16.7 Å². The standard InChI is InChI=1S/C16H24O.C16H22O/c1-8-11-9-12(15(2,3)4)10-13(14(11)17)16(5,6)7;1-6-7-11-15(12(2)3)17-16-13(4)9-8-10-14(16)5/h8-10,17H,1H2,2-7H3;6-12H,1-5H3/b;7-6-,15-11+. The van der Waals surface area contributed by atoms with E-state index in [2.05, 4.69) is 100 Å². The molecule has 2 heteroatoms. The van der Waals surface area contributed by atoms with Gasteiger partial charge >= 0.3 is 0 Å². The molecule has 1 N–H and O–H groups in total. The highest BCUT2D eigenvalue weighted by atomic mass is 16.5. The summed E-state index contributed by atoms with van der Waals surface area (Å²) in [5.41, 5.74) is 5.40. The van der Waals surface area contributed by atoms with E-state index < -0.39 is 0 Å². The molecule has 0 atom stereocenters. The Balaban J connectivity index is 0.000000340. The van der Waals surface area contributed by atoms with Crippen molar-refractivity contribution in [3.05, 3.63) is 88.7 Å². The molecule has 186 valence electrons. The number of aromatic hydroxyl groups is 1. The third-order valence-electron chi connectivity index (χ3n) is 5.68. The lowest BCUT2D eigenvalue weighted by atomic mass is 9.79. The van der Waals surface area contributed by atoms with Crippen LogP contribution in [-0.4, -0.2) is 5.11 Å². The fourth-order valence-electron chi connectivity index (χ4n) is 3.43. The van der Waals surface area contributed by atoms with Crippen molar-refractivity contribution >= 4 is 6.08 Å². The van der Waals surface area contributed by atoms with Crippen molar-refractivity contribution in [3.8, 4) is 11.5 Å². The minimum atomic E-state index is -0.0664. The predicted octanol–water partition coefficient (Wildman–Crippen LogP) is 9.43. The Hall–Kier alpha value is -2.74. The molecule has 0 saturated carbocycles. The molecule has 0 aliphatic heterocycles. The zero-order valence-electron chi connectivity index (χ0n) is 23.3. The Morgan fingerprint density at radius 2 is 1.53 bits per heavy atom. The number of hydrogen-bond acceptors (Lipinski definition) is 2. The van der Waals surface area contributed by atoms with Crippen LogP contribution in [-0.2, 0) is 10.8 Å². The van der Waals surface area contributed by atoms with E-state index in [1.807, 2.05) is 31.2 Å². The summed E-state index contributed by atoms with van der Waals surface area (Å²) >= 11 is 0. The molecule has 0 spiro atoms. The van der Waals surface area contributed by atoms with Gasteiger partial charge in [0.05, 0.1) is 0 Å². The minimum absolute atomic E-state index is 0.0664. The maximum Gasteiger partial charge on any atom is 0.132 e. The molecule has 2 rings (SSSR count). The summed E-state index contributed by atoms with van der Waals surface area (Å²) in [4.78, 5) is 0. The minimum Gasteiger partial charge on any atom is -0.507 e. The molecule has 34 heavy (non-hydrogen) atoms. The van der Waals surface area contributed by atoms with Crippen LogP contribution < -0.4 is 4.74 Å². The van der Waals surface area contributed by atoms with Gasteiger partial charge in [-0.1, -0.05) is 104 Å². The monoisotopic (exact) mass is 462 g/mol. The number of benzene rings is 2. The Morgan fingerprint density at radius 1 is 0.971 bits per heavy atom. The van der Waals surface area contributed by atoms with Crippen LogP contribution in [0.4, 0.5) is 0 Å². The van der Waals surface area contributed by atoms with Crippen molar-refractivity contribution in [2.75, 3.05) is 0 Å². The van der Waals surface area contributed by atoms with Gasteiger partial charge in [0.25, 0.3) is 0 Å². The second kappa shape index (κ2) is 12.1. The summed E-state index contributed by atoms with van der Waals surface area (Å²) in [6.45, 7) is 27.1. The summed E-state index contributed by atoms with van der Waals surface area (Å²) in [6.07, 6.45) is 7.79. The van der Waals surface area contributed by atoms with Crippen molar-refractivity contribution in [2.24, 2.45) is 5.92 Å². The van der Waals surface area contributed by atoms with Gasteiger partial charge in [-0.05, 0) is 60.4 Å². The first kappa shape index (κ1) is 29.3. The molecule has 0 saturated heterocycles. The molecule has 2 aromatic carbocycles. The number of aryl methyl sites for hydroxylation is 2. The molecule has 0 unspecified atom stereocenters. The predicted molar refractivity (Wildman–Crippen MR) is 150 cm³/mol. The average molecular weight is 463 g/mol. The molecular formula is C32H46O2. The molecule has 2 nitrogen and oxygen atoms in total. The lowest BCUT2D eigenvalue weighted by Crippen LogP contribution is -2.17. The van der Waals surface area contributed by atoms with Gasteiger partial charge in [-0.25, -0.2) is 0 Å². The lowest BCUT2D eigenvalue weighted by molar-refractivity contribution is 0.364. The van der Waals surface area contributed by atoms with Crippen LogP contribution in [0, 0.1) is 19.8 Å². The van der Waals surface area contributed by atoms with Crippen molar-refractivity contribution < 1.29 is 9.84 Å². The van der Waals surface area contributed by atoms with Gasteiger partial charge in [0, 0.05) is 17.0 Å². The molecule has 0 aliphatic carbocycles. The SMILES string of the molecule is C/C=C\C=C(\Oc1c(C)cccc1C)C(C)C.C=Cc1cc(C(C)(C)C)cc(C(C)(C)C)c1O. The van der Waals surface area contributed by atoms with Crippen LogP contribution >= 0.6 is 0 Å². The number of phenolic OH excluding ortho intramolecular Hbond substituents is 1. The summed E-state index contributed by atoms with van der Waals surface area (Å²) in [5.74, 6) is 2.73. The van der Waals surface area contributed by atoms with Crippen molar-refractivity contribution in [2.45, 2.75) is 87.0 Å². The number of hydrogen-bond donors (Lipinski definition) is 1. The maximum absolute atomic E-state index is 10.2. The second-order valence-corrected chi connectivity index (χ2v) is 11.2. The smallest absolute Gasteiger partial charge is 0.132 e. The van der Waals surface area contributed by atoms with E-state index in [9.17, 15) is 5.11 Å². The van der Waals surface area contributed by atoms with Crippen molar-refractivity contribution in [1.29, 1.82) is 0 Å². The number of phenols is 1. The van der Waals surface area contributed by atoms with Crippen LogP contribution in [0.15, 0.2) is 60.9 Å². The summed E-state index contributed by atoms with van der Waals surface area (Å²) in [7, 11) is 0. The summed E-state index contributed by atoms with van der Waals surface area (Å²) < 4.78 is 6.05. The Bertz CT molecular complexity index is 1000. The molecule has 0 radical (unpaired) electrons. The third-order valence-corrected chi connectivity index (χ3v) is 5.68. The van der Waals surface area contributed by atoms with Crippen LogP contribution in [0.2, 0.25) is 0 Å². The molecule has 0 amide bonds. The Labute approximate surface area is 209 Å². The Kier molecular flexibility index (Phi) is 10.4. The number of rotatable bonds is 5. The first-order chi connectivity index (χ1) is 15.6. The number of ether oxygens (including phenoxy) is 1. The molecule has 0 aliphatic rings. The van der Waals surface area contributed by atoms with Gasteiger partial charge in [-0.15, -0.1) is 0 Å². The van der Waals surface area contributed by atoms with E-state index in [0.717, 1.165) is 22.6 Å². The molecule has 0 aromatic heterocycles. The second-order valence-electron chi connectivity index (χ2n) is 11.2. The highest BCUT2D eigenvalue weighted by molar-refractivity contribution is 5.61. The third kappa shape index (κ3) is 8.24. The zero-order valence-corrected chi connectivity index (χ0v) is 23.3. The molecule has 0 heterocycles. The quantitative estimate of drug-likeness (QED) is 0.354. The number of para-hydroxylation sites is 1. The van der Waals surface area contributed by atoms with Gasteiger partial charge in [-0.2, -0.15) is 0 Å². The van der Waals surface area contributed by atoms with Crippen molar-refractivity contribution in [1.82, 2.24) is 0 Å².